The fourth-order valence-electron chi connectivity index (χ4n) is 2.89. The number of rotatable bonds is 4. The molecule has 1 fully saturated rings. The van der Waals surface area contributed by atoms with E-state index >= 15 is 0 Å². The Balaban J connectivity index is 1.59. The Labute approximate surface area is 148 Å². The third-order valence-electron chi connectivity index (χ3n) is 4.23. The normalized spacial score (nSPS) is 15.9. The number of hydrogen-bond donors (Lipinski definition) is 0. The van der Waals surface area contributed by atoms with Gasteiger partial charge in [0, 0.05) is 24.6 Å². The summed E-state index contributed by atoms with van der Waals surface area (Å²) < 4.78 is 47.7. The average molecular weight is 369 g/mol. The van der Waals surface area contributed by atoms with E-state index < -0.39 is 12.1 Å². The number of amides is 1. The molecule has 2 heterocycles. The maximum Gasteiger partial charge on any atom is 0.470 e. The third kappa shape index (κ3) is 3.97. The van der Waals surface area contributed by atoms with E-state index in [9.17, 15) is 18.0 Å². The van der Waals surface area contributed by atoms with E-state index in [2.05, 4.69) is 10.2 Å². The van der Waals surface area contributed by atoms with Crippen LogP contribution in [0.3, 0.4) is 0 Å². The summed E-state index contributed by atoms with van der Waals surface area (Å²) in [6.45, 7) is 3.26. The van der Waals surface area contributed by atoms with Gasteiger partial charge in [-0.1, -0.05) is 0 Å². The van der Waals surface area contributed by atoms with Crippen LogP contribution in [0.5, 0.6) is 5.75 Å². The number of halogens is 3. The zero-order valence-electron chi connectivity index (χ0n) is 14.1. The molecule has 1 aliphatic rings. The van der Waals surface area contributed by atoms with Gasteiger partial charge in [-0.2, -0.15) is 13.2 Å². The van der Waals surface area contributed by atoms with Gasteiger partial charge in [0.05, 0.1) is 6.61 Å². The average Bonchev–Trinajstić information content (AvgIpc) is 3.13. The van der Waals surface area contributed by atoms with E-state index in [0.717, 1.165) is 0 Å². The van der Waals surface area contributed by atoms with E-state index in [1.165, 1.54) is 0 Å². The molecule has 2 aromatic rings. The van der Waals surface area contributed by atoms with Crippen LogP contribution in [-0.4, -0.2) is 40.7 Å². The Bertz CT molecular complexity index is 751. The molecule has 3 rings (SSSR count). The summed E-state index contributed by atoms with van der Waals surface area (Å²) in [7, 11) is 0. The summed E-state index contributed by atoms with van der Waals surface area (Å²) in [5, 5.41) is 6.56. The lowest BCUT2D eigenvalue weighted by atomic mass is 9.96. The number of alkyl halides is 3. The molecule has 1 aromatic carbocycles. The fourth-order valence-corrected chi connectivity index (χ4v) is 2.89. The van der Waals surface area contributed by atoms with Crippen molar-refractivity contribution in [1.82, 2.24) is 15.1 Å². The van der Waals surface area contributed by atoms with Crippen LogP contribution in [-0.2, 0) is 6.18 Å². The molecule has 0 aliphatic carbocycles. The van der Waals surface area contributed by atoms with Crippen LogP contribution >= 0.6 is 0 Å². The minimum atomic E-state index is -4.64. The van der Waals surface area contributed by atoms with Gasteiger partial charge in [-0.25, -0.2) is 0 Å². The van der Waals surface area contributed by atoms with Gasteiger partial charge in [0.1, 0.15) is 5.75 Å². The SMILES string of the molecule is CCOc1ccc(C(=O)N2CCC(c3nnc(C(F)(F)F)o3)CC2)cc1. The van der Waals surface area contributed by atoms with E-state index in [1.54, 1.807) is 29.2 Å². The zero-order valence-corrected chi connectivity index (χ0v) is 14.1. The predicted octanol–water partition coefficient (Wildman–Crippen LogP) is 3.51. The second-order valence-corrected chi connectivity index (χ2v) is 5.97. The Morgan fingerprint density at radius 2 is 1.88 bits per heavy atom. The molecule has 1 aromatic heterocycles. The van der Waals surface area contributed by atoms with Crippen LogP contribution in [0.1, 0.15) is 47.8 Å². The number of carbonyl (C=O) groups is 1. The van der Waals surface area contributed by atoms with Crippen molar-refractivity contribution in [3.05, 3.63) is 41.6 Å². The summed E-state index contributed by atoms with van der Waals surface area (Å²) in [4.78, 5) is 14.2. The molecule has 1 amide bonds. The first-order valence-electron chi connectivity index (χ1n) is 8.31. The number of benzene rings is 1. The maximum absolute atomic E-state index is 12.5. The molecule has 0 N–H and O–H groups in total. The minimum absolute atomic E-state index is 0.0227. The van der Waals surface area contributed by atoms with Crippen molar-refractivity contribution in [3.8, 4) is 5.75 Å². The standard InChI is InChI=1S/C17H18F3N3O3/c1-2-25-13-5-3-12(4-6-13)15(24)23-9-7-11(8-10-23)14-21-22-16(26-14)17(18,19)20/h3-6,11H,2,7-10H2,1H3. The number of likely N-dealkylation sites (tertiary alicyclic amines) is 1. The summed E-state index contributed by atoms with van der Waals surface area (Å²) in [6.07, 6.45) is -3.69. The first-order chi connectivity index (χ1) is 12.4. The molecule has 0 saturated carbocycles. The van der Waals surface area contributed by atoms with Crippen LogP contribution < -0.4 is 4.74 Å². The smallest absolute Gasteiger partial charge is 0.470 e. The Morgan fingerprint density at radius 3 is 2.42 bits per heavy atom. The van der Waals surface area contributed by atoms with Crippen molar-refractivity contribution in [2.75, 3.05) is 19.7 Å². The summed E-state index contributed by atoms with van der Waals surface area (Å²) in [5.74, 6) is -1.05. The Morgan fingerprint density at radius 1 is 1.23 bits per heavy atom. The predicted molar refractivity (Wildman–Crippen MR) is 84.8 cm³/mol. The van der Waals surface area contributed by atoms with Crippen LogP contribution in [0, 0.1) is 0 Å². The highest BCUT2D eigenvalue weighted by Gasteiger charge is 2.39. The molecule has 6 nitrogen and oxygen atoms in total. The van der Waals surface area contributed by atoms with Gasteiger partial charge in [0.25, 0.3) is 5.91 Å². The molecule has 0 bridgehead atoms. The first kappa shape index (κ1) is 18.2. The van der Waals surface area contributed by atoms with Gasteiger partial charge < -0.3 is 14.1 Å². The number of ether oxygens (including phenoxy) is 1. The van der Waals surface area contributed by atoms with Gasteiger partial charge in [-0.05, 0) is 44.0 Å². The van der Waals surface area contributed by atoms with Crippen molar-refractivity contribution in [1.29, 1.82) is 0 Å². The monoisotopic (exact) mass is 369 g/mol. The van der Waals surface area contributed by atoms with Gasteiger partial charge in [-0.3, -0.25) is 4.79 Å². The molecule has 1 saturated heterocycles. The molecular weight excluding hydrogens is 351 g/mol. The van der Waals surface area contributed by atoms with Crippen molar-refractivity contribution in [3.63, 3.8) is 0 Å². The lowest BCUT2D eigenvalue weighted by Crippen LogP contribution is -2.38. The van der Waals surface area contributed by atoms with Crippen LogP contribution in [0.4, 0.5) is 13.2 Å². The lowest BCUT2D eigenvalue weighted by molar-refractivity contribution is -0.157. The molecular formula is C17H18F3N3O3. The lowest BCUT2D eigenvalue weighted by Gasteiger charge is -2.30. The molecule has 9 heteroatoms. The van der Waals surface area contributed by atoms with Crippen LogP contribution in [0.15, 0.2) is 28.7 Å². The second-order valence-electron chi connectivity index (χ2n) is 5.97. The Hall–Kier alpha value is -2.58. The van der Waals surface area contributed by atoms with Crippen LogP contribution in [0.2, 0.25) is 0 Å². The molecule has 140 valence electrons. The summed E-state index contributed by atoms with van der Waals surface area (Å²) >= 11 is 0. The van der Waals surface area contributed by atoms with Crippen molar-refractivity contribution in [2.24, 2.45) is 0 Å². The van der Waals surface area contributed by atoms with Crippen LogP contribution in [0.25, 0.3) is 0 Å². The van der Waals surface area contributed by atoms with E-state index in [4.69, 9.17) is 9.15 Å². The molecule has 0 spiro atoms. The number of piperidine rings is 1. The fraction of sp³-hybridized carbons (Fsp3) is 0.471. The quantitative estimate of drug-likeness (QED) is 0.825. The number of aromatic nitrogens is 2. The van der Waals surface area contributed by atoms with E-state index in [-0.39, 0.29) is 17.7 Å². The minimum Gasteiger partial charge on any atom is -0.494 e. The number of hydrogen-bond acceptors (Lipinski definition) is 5. The highest BCUT2D eigenvalue weighted by atomic mass is 19.4. The van der Waals surface area contributed by atoms with Gasteiger partial charge in [0.2, 0.25) is 5.89 Å². The second kappa shape index (κ2) is 7.35. The topological polar surface area (TPSA) is 68.5 Å². The Kier molecular flexibility index (Phi) is 5.15. The highest BCUT2D eigenvalue weighted by Crippen LogP contribution is 2.32. The van der Waals surface area contributed by atoms with E-state index in [1.807, 2.05) is 6.92 Å². The van der Waals surface area contributed by atoms with E-state index in [0.29, 0.717) is 43.9 Å². The largest absolute Gasteiger partial charge is 0.494 e. The van der Waals surface area contributed by atoms with Gasteiger partial charge in [-0.15, -0.1) is 10.2 Å². The van der Waals surface area contributed by atoms with Gasteiger partial charge >= 0.3 is 12.1 Å². The van der Waals surface area contributed by atoms with Crippen molar-refractivity contribution < 1.29 is 27.1 Å². The molecule has 0 atom stereocenters. The zero-order chi connectivity index (χ0) is 18.7. The molecule has 1 aliphatic heterocycles. The van der Waals surface area contributed by atoms with Crippen molar-refractivity contribution in [2.45, 2.75) is 31.9 Å². The summed E-state index contributed by atoms with van der Waals surface area (Å²) in [5.41, 5.74) is 0.545. The molecule has 0 unspecified atom stereocenters. The third-order valence-corrected chi connectivity index (χ3v) is 4.23. The highest BCUT2D eigenvalue weighted by molar-refractivity contribution is 5.94. The summed E-state index contributed by atoms with van der Waals surface area (Å²) in [6, 6.07) is 6.88. The van der Waals surface area contributed by atoms with Gasteiger partial charge in [0.15, 0.2) is 0 Å². The maximum atomic E-state index is 12.5. The molecule has 26 heavy (non-hydrogen) atoms. The van der Waals surface area contributed by atoms with Crippen molar-refractivity contribution >= 4 is 5.91 Å². The number of carbonyl (C=O) groups excluding carboxylic acids is 1. The number of nitrogens with zero attached hydrogens (tertiary/aromatic N) is 3. The first-order valence-corrected chi connectivity index (χ1v) is 8.31. The molecule has 0 radical (unpaired) electrons.